The number of hydrazine groups is 1. The van der Waals surface area contributed by atoms with Crippen LogP contribution in [0.1, 0.15) is 16.8 Å². The Morgan fingerprint density at radius 1 is 0.955 bits per heavy atom. The largest absolute Gasteiger partial charge is 0.550 e. The molecule has 3 rings (SSSR count). The number of hydrogen-bond acceptors (Lipinski definition) is 4. The number of hydrogen-bond donors (Lipinski definition) is 2. The van der Waals surface area contributed by atoms with Gasteiger partial charge in [0, 0.05) is 17.5 Å². The van der Waals surface area contributed by atoms with Crippen LogP contribution >= 0.6 is 0 Å². The van der Waals surface area contributed by atoms with E-state index in [4.69, 9.17) is 0 Å². The maximum atomic E-state index is 12.2. The number of carbonyl (C=O) groups is 3. The maximum Gasteiger partial charge on any atom is 0.269 e. The monoisotopic (exact) mass is 299 g/mol. The minimum Gasteiger partial charge on any atom is -0.550 e. The Morgan fingerprint density at radius 3 is 2.23 bits per heavy atom. The van der Waals surface area contributed by atoms with Crippen LogP contribution in [0.2, 0.25) is 0 Å². The van der Waals surface area contributed by atoms with Gasteiger partial charge in [0.15, 0.2) is 0 Å². The highest BCUT2D eigenvalue weighted by atomic mass is 16.4. The Hall–Kier alpha value is -2.63. The average molecular weight is 299 g/mol. The van der Waals surface area contributed by atoms with Gasteiger partial charge in [0.05, 0.1) is 5.92 Å². The van der Waals surface area contributed by atoms with Gasteiger partial charge in [0.1, 0.15) is 0 Å². The van der Waals surface area contributed by atoms with E-state index < -0.39 is 29.6 Å². The lowest BCUT2D eigenvalue weighted by Gasteiger charge is -2.27. The van der Waals surface area contributed by atoms with Crippen molar-refractivity contribution in [3.05, 3.63) is 48.0 Å². The van der Waals surface area contributed by atoms with Gasteiger partial charge in [-0.05, 0) is 30.4 Å². The minimum absolute atomic E-state index is 0.110. The summed E-state index contributed by atoms with van der Waals surface area (Å²) in [6.07, 6.45) is 4.34. The molecule has 22 heavy (non-hydrogen) atoms. The highest BCUT2D eigenvalue weighted by molar-refractivity contribution is 5.96. The smallest absolute Gasteiger partial charge is 0.269 e. The molecule has 114 valence electrons. The van der Waals surface area contributed by atoms with Crippen molar-refractivity contribution in [2.24, 2.45) is 23.7 Å². The third kappa shape index (κ3) is 2.47. The van der Waals surface area contributed by atoms with Crippen molar-refractivity contribution in [1.82, 2.24) is 10.9 Å². The molecule has 1 fully saturated rings. The normalized spacial score (nSPS) is 28.4. The molecule has 0 spiro atoms. The number of carboxylic acid groups (broad SMARTS) is 1. The highest BCUT2D eigenvalue weighted by Gasteiger charge is 2.48. The third-order valence-corrected chi connectivity index (χ3v) is 4.37. The van der Waals surface area contributed by atoms with Crippen molar-refractivity contribution in [3.8, 4) is 0 Å². The van der Waals surface area contributed by atoms with Crippen molar-refractivity contribution in [3.63, 3.8) is 0 Å². The van der Waals surface area contributed by atoms with Crippen molar-refractivity contribution in [2.75, 3.05) is 0 Å². The van der Waals surface area contributed by atoms with E-state index in [0.29, 0.717) is 12.0 Å². The molecule has 0 unspecified atom stereocenters. The lowest BCUT2D eigenvalue weighted by Crippen LogP contribution is -2.50. The van der Waals surface area contributed by atoms with Crippen LogP contribution in [0.15, 0.2) is 42.5 Å². The summed E-state index contributed by atoms with van der Waals surface area (Å²) >= 11 is 0. The first-order valence-electron chi connectivity index (χ1n) is 7.12. The molecule has 2 bridgehead atoms. The lowest BCUT2D eigenvalue weighted by atomic mass is 9.82. The lowest BCUT2D eigenvalue weighted by molar-refractivity contribution is -0.313. The molecular formula is C16H15N2O4-. The van der Waals surface area contributed by atoms with Gasteiger partial charge in [0.2, 0.25) is 5.91 Å². The number of nitrogens with one attached hydrogen (secondary N) is 2. The fraction of sp³-hybridized carbons (Fsp3) is 0.312. The quantitative estimate of drug-likeness (QED) is 0.588. The molecule has 0 heterocycles. The highest BCUT2D eigenvalue weighted by Crippen LogP contribution is 2.47. The molecule has 0 aliphatic heterocycles. The fourth-order valence-corrected chi connectivity index (χ4v) is 3.36. The van der Waals surface area contributed by atoms with Gasteiger partial charge < -0.3 is 9.90 Å². The second-order valence-electron chi connectivity index (χ2n) is 5.63. The molecule has 0 radical (unpaired) electrons. The first-order valence-corrected chi connectivity index (χ1v) is 7.12. The van der Waals surface area contributed by atoms with E-state index in [0.717, 1.165) is 0 Å². The van der Waals surface area contributed by atoms with Gasteiger partial charge in [-0.1, -0.05) is 30.4 Å². The molecule has 4 atom stereocenters. The second kappa shape index (κ2) is 5.63. The van der Waals surface area contributed by atoms with Gasteiger partial charge in [-0.2, -0.15) is 0 Å². The third-order valence-electron chi connectivity index (χ3n) is 4.37. The molecule has 1 saturated carbocycles. The molecule has 2 amide bonds. The van der Waals surface area contributed by atoms with Gasteiger partial charge in [-0.25, -0.2) is 0 Å². The molecule has 2 N–H and O–H groups in total. The first kappa shape index (κ1) is 14.3. The second-order valence-corrected chi connectivity index (χ2v) is 5.63. The maximum absolute atomic E-state index is 12.2. The summed E-state index contributed by atoms with van der Waals surface area (Å²) in [5.41, 5.74) is 5.06. The zero-order chi connectivity index (χ0) is 15.7. The summed E-state index contributed by atoms with van der Waals surface area (Å²) < 4.78 is 0. The predicted octanol–water partition coefficient (Wildman–Crippen LogP) is -0.364. The summed E-state index contributed by atoms with van der Waals surface area (Å²) in [4.78, 5) is 35.4. The van der Waals surface area contributed by atoms with Gasteiger partial charge in [-0.15, -0.1) is 0 Å². The predicted molar refractivity (Wildman–Crippen MR) is 74.8 cm³/mol. The zero-order valence-corrected chi connectivity index (χ0v) is 11.7. The SMILES string of the molecule is O=C(NNC(=O)[C@@H]1[C@@H](C(=O)[O-])[C@H]2C=C[C@@H]1C2)c1ccccc1. The summed E-state index contributed by atoms with van der Waals surface area (Å²) in [6, 6.07) is 8.44. The van der Waals surface area contributed by atoms with Crippen LogP contribution in [0.5, 0.6) is 0 Å². The molecule has 2 aliphatic rings. The summed E-state index contributed by atoms with van der Waals surface area (Å²) in [6.45, 7) is 0. The van der Waals surface area contributed by atoms with E-state index >= 15 is 0 Å². The summed E-state index contributed by atoms with van der Waals surface area (Å²) in [7, 11) is 0. The van der Waals surface area contributed by atoms with Crippen LogP contribution in [-0.4, -0.2) is 17.8 Å². The molecule has 0 aromatic heterocycles. The minimum atomic E-state index is -1.22. The molecule has 1 aromatic carbocycles. The molecule has 6 heteroatoms. The van der Waals surface area contributed by atoms with E-state index in [9.17, 15) is 19.5 Å². The Kier molecular flexibility index (Phi) is 3.66. The van der Waals surface area contributed by atoms with Gasteiger partial charge >= 0.3 is 0 Å². The van der Waals surface area contributed by atoms with E-state index in [1.807, 2.05) is 12.2 Å². The molecule has 6 nitrogen and oxygen atoms in total. The number of allylic oxidation sites excluding steroid dienone is 2. The molecule has 2 aliphatic carbocycles. The van der Waals surface area contributed by atoms with Crippen LogP contribution in [0.3, 0.4) is 0 Å². The van der Waals surface area contributed by atoms with Crippen molar-refractivity contribution in [2.45, 2.75) is 6.42 Å². The number of carboxylic acids is 1. The summed E-state index contributed by atoms with van der Waals surface area (Å²) in [5.74, 6) is -3.95. The number of benzene rings is 1. The number of aliphatic carboxylic acids is 1. The Balaban J connectivity index is 1.64. The van der Waals surface area contributed by atoms with Gasteiger partial charge in [0.25, 0.3) is 5.91 Å². The Labute approximate surface area is 127 Å². The zero-order valence-electron chi connectivity index (χ0n) is 11.7. The number of fused-ring (bicyclic) bond motifs is 2. The standard InChI is InChI=1S/C16H16N2O4/c19-14(9-4-2-1-3-5-9)17-18-15(20)12-10-6-7-11(8-10)13(12)16(21)22/h1-7,10-13H,8H2,(H,17,19)(H,18,20)(H,21,22)/p-1/t10-,11+,12+,13+/m1/s1. The van der Waals surface area contributed by atoms with Crippen LogP contribution in [0, 0.1) is 23.7 Å². The Bertz CT molecular complexity index is 641. The molecule has 1 aromatic rings. The van der Waals surface area contributed by atoms with Crippen molar-refractivity contribution >= 4 is 17.8 Å². The number of rotatable bonds is 3. The van der Waals surface area contributed by atoms with E-state index in [1.165, 1.54) is 0 Å². The van der Waals surface area contributed by atoms with E-state index in [1.54, 1.807) is 30.3 Å². The summed E-state index contributed by atoms with van der Waals surface area (Å²) in [5, 5.41) is 11.3. The van der Waals surface area contributed by atoms with Crippen LogP contribution in [-0.2, 0) is 9.59 Å². The topological polar surface area (TPSA) is 98.3 Å². The first-order chi connectivity index (χ1) is 10.6. The molecular weight excluding hydrogens is 284 g/mol. The van der Waals surface area contributed by atoms with Crippen LogP contribution in [0.25, 0.3) is 0 Å². The van der Waals surface area contributed by atoms with Crippen LogP contribution < -0.4 is 16.0 Å². The Morgan fingerprint density at radius 2 is 1.59 bits per heavy atom. The van der Waals surface area contributed by atoms with E-state index in [-0.39, 0.29) is 11.8 Å². The van der Waals surface area contributed by atoms with Crippen molar-refractivity contribution < 1.29 is 19.5 Å². The average Bonchev–Trinajstić information content (AvgIpc) is 3.14. The van der Waals surface area contributed by atoms with Crippen molar-refractivity contribution in [1.29, 1.82) is 0 Å². The fourth-order valence-electron chi connectivity index (χ4n) is 3.36. The van der Waals surface area contributed by atoms with E-state index in [2.05, 4.69) is 10.9 Å². The van der Waals surface area contributed by atoms with Crippen LogP contribution in [0.4, 0.5) is 0 Å². The number of amides is 2. The molecule has 0 saturated heterocycles. The number of carbonyl (C=O) groups excluding carboxylic acids is 3. The van der Waals surface area contributed by atoms with Gasteiger partial charge in [-0.3, -0.25) is 20.4 Å².